The zero-order valence-electron chi connectivity index (χ0n) is 14.5. The third-order valence-corrected chi connectivity index (χ3v) is 5.31. The highest BCUT2D eigenvalue weighted by Gasteiger charge is 2.25. The Morgan fingerprint density at radius 1 is 1.31 bits per heavy atom. The van der Waals surface area contributed by atoms with Gasteiger partial charge in [0.25, 0.3) is 5.56 Å². The summed E-state index contributed by atoms with van der Waals surface area (Å²) in [5, 5.41) is 22.9. The van der Waals surface area contributed by atoms with Gasteiger partial charge in [-0.2, -0.15) is 0 Å². The zero-order valence-corrected chi connectivity index (χ0v) is 14.5. The van der Waals surface area contributed by atoms with Gasteiger partial charge in [-0.25, -0.2) is 4.79 Å². The summed E-state index contributed by atoms with van der Waals surface area (Å²) < 4.78 is 0. The van der Waals surface area contributed by atoms with Crippen molar-refractivity contribution in [1.82, 2.24) is 10.3 Å². The molecule has 26 heavy (non-hydrogen) atoms. The van der Waals surface area contributed by atoms with Crippen molar-refractivity contribution in [2.45, 2.75) is 26.2 Å². The van der Waals surface area contributed by atoms with Crippen molar-refractivity contribution in [3.63, 3.8) is 0 Å². The van der Waals surface area contributed by atoms with Crippen LogP contribution in [0, 0.1) is 0 Å². The van der Waals surface area contributed by atoms with E-state index in [0.717, 1.165) is 31.5 Å². The quantitative estimate of drug-likeness (QED) is 0.679. The van der Waals surface area contributed by atoms with Crippen LogP contribution in [0.25, 0.3) is 16.8 Å². The largest absolute Gasteiger partial charge is 0.506 e. The van der Waals surface area contributed by atoms with Gasteiger partial charge in [0.1, 0.15) is 5.75 Å². The second-order valence-electron chi connectivity index (χ2n) is 6.75. The van der Waals surface area contributed by atoms with Crippen LogP contribution in [0.4, 0.5) is 0 Å². The maximum Gasteiger partial charge on any atom is 0.345 e. The zero-order chi connectivity index (χ0) is 18.4. The second kappa shape index (κ2) is 6.14. The standard InChI is InChI=1S/C20H20N2O4/c1-2-13-17(22-19(24)16(18(13)23)20(25)26)11-3-4-14-12(8-11)7-10-5-6-21-9-15(10)14/h3-4,8,21H,2,5-7,9H2,1H3,(H,25,26)(H2,22,23,24). The number of H-pyrrole nitrogens is 1. The van der Waals surface area contributed by atoms with Gasteiger partial charge in [-0.15, -0.1) is 0 Å². The average Bonchev–Trinajstić information content (AvgIpc) is 2.98. The molecule has 1 aromatic carbocycles. The highest BCUT2D eigenvalue weighted by Crippen LogP contribution is 2.38. The number of rotatable bonds is 3. The van der Waals surface area contributed by atoms with E-state index in [-0.39, 0.29) is 0 Å². The van der Waals surface area contributed by atoms with Crippen LogP contribution in [-0.2, 0) is 12.8 Å². The average molecular weight is 352 g/mol. The van der Waals surface area contributed by atoms with Gasteiger partial charge < -0.3 is 20.5 Å². The first kappa shape index (κ1) is 16.6. The Hall–Kier alpha value is -2.86. The smallest absolute Gasteiger partial charge is 0.345 e. The highest BCUT2D eigenvalue weighted by atomic mass is 16.4. The first-order valence-corrected chi connectivity index (χ1v) is 8.78. The minimum Gasteiger partial charge on any atom is -0.506 e. The van der Waals surface area contributed by atoms with E-state index in [9.17, 15) is 19.8 Å². The molecule has 0 saturated heterocycles. The minimum atomic E-state index is -1.43. The first-order valence-electron chi connectivity index (χ1n) is 8.78. The first-order chi connectivity index (χ1) is 12.5. The van der Waals surface area contributed by atoms with Gasteiger partial charge in [0.05, 0.1) is 5.69 Å². The SMILES string of the molecule is CCc1c(-c2ccc3c(c2)CC2=C3CNCC2)[nH]c(=O)c(C(=O)O)c1O. The van der Waals surface area contributed by atoms with Gasteiger partial charge in [-0.05, 0) is 54.1 Å². The summed E-state index contributed by atoms with van der Waals surface area (Å²) in [6.07, 6.45) is 2.36. The molecule has 0 spiro atoms. The molecule has 0 radical (unpaired) electrons. The molecule has 6 nitrogen and oxygen atoms in total. The van der Waals surface area contributed by atoms with Crippen molar-refractivity contribution in [3.8, 4) is 17.0 Å². The molecule has 0 atom stereocenters. The molecule has 134 valence electrons. The Labute approximate surface area is 150 Å². The van der Waals surface area contributed by atoms with Gasteiger partial charge in [0, 0.05) is 12.1 Å². The summed E-state index contributed by atoms with van der Waals surface area (Å²) in [7, 11) is 0. The molecule has 1 aromatic heterocycles. The number of fused-ring (bicyclic) bond motifs is 2. The number of aromatic hydroxyl groups is 1. The van der Waals surface area contributed by atoms with Crippen molar-refractivity contribution >= 4 is 11.5 Å². The number of hydrogen-bond acceptors (Lipinski definition) is 4. The Bertz CT molecular complexity index is 1020. The normalized spacial score (nSPS) is 15.7. The van der Waals surface area contributed by atoms with Crippen LogP contribution in [0.15, 0.2) is 28.6 Å². The molecule has 0 bridgehead atoms. The maximum absolute atomic E-state index is 12.2. The number of benzene rings is 1. The van der Waals surface area contributed by atoms with Crippen LogP contribution in [0.2, 0.25) is 0 Å². The fourth-order valence-corrected chi connectivity index (χ4v) is 4.05. The lowest BCUT2D eigenvalue weighted by molar-refractivity contribution is 0.0691. The van der Waals surface area contributed by atoms with Crippen LogP contribution in [0.3, 0.4) is 0 Å². The van der Waals surface area contributed by atoms with Crippen molar-refractivity contribution in [2.75, 3.05) is 13.1 Å². The maximum atomic E-state index is 12.2. The molecule has 2 heterocycles. The second-order valence-corrected chi connectivity index (χ2v) is 6.75. The molecule has 0 fully saturated rings. The Balaban J connectivity index is 1.84. The predicted octanol–water partition coefficient (Wildman–Crippen LogP) is 2.31. The predicted molar refractivity (Wildman–Crippen MR) is 98.6 cm³/mol. The van der Waals surface area contributed by atoms with E-state index in [1.165, 1.54) is 22.3 Å². The minimum absolute atomic E-state index is 0.411. The van der Waals surface area contributed by atoms with Crippen molar-refractivity contribution < 1.29 is 15.0 Å². The Kier molecular flexibility index (Phi) is 3.92. The number of aromatic nitrogens is 1. The van der Waals surface area contributed by atoms with Crippen molar-refractivity contribution in [2.24, 2.45) is 0 Å². The van der Waals surface area contributed by atoms with Gasteiger partial charge in [0.15, 0.2) is 5.56 Å². The van der Waals surface area contributed by atoms with Crippen LogP contribution < -0.4 is 10.9 Å². The van der Waals surface area contributed by atoms with Crippen LogP contribution in [-0.4, -0.2) is 34.3 Å². The molecule has 4 rings (SSSR count). The number of aromatic amines is 1. The molecular weight excluding hydrogens is 332 g/mol. The Morgan fingerprint density at radius 3 is 2.85 bits per heavy atom. The fourth-order valence-electron chi connectivity index (χ4n) is 4.05. The molecule has 6 heteroatoms. The van der Waals surface area contributed by atoms with Crippen molar-refractivity contribution in [1.29, 1.82) is 0 Å². The van der Waals surface area contributed by atoms with Gasteiger partial charge in [-0.1, -0.05) is 24.6 Å². The third-order valence-electron chi connectivity index (χ3n) is 5.31. The number of carboxylic acids is 1. The molecule has 2 aromatic rings. The monoisotopic (exact) mass is 352 g/mol. The molecule has 4 N–H and O–H groups in total. The third kappa shape index (κ3) is 2.45. The highest BCUT2D eigenvalue weighted by molar-refractivity contribution is 5.92. The molecule has 0 saturated carbocycles. The summed E-state index contributed by atoms with van der Waals surface area (Å²) in [6.45, 7) is 3.70. The fraction of sp³-hybridized carbons (Fsp3) is 0.300. The van der Waals surface area contributed by atoms with Crippen LogP contribution in [0.1, 0.15) is 40.4 Å². The molecule has 1 aliphatic carbocycles. The van der Waals surface area contributed by atoms with Crippen LogP contribution in [0.5, 0.6) is 5.75 Å². The number of carbonyl (C=O) groups is 1. The Morgan fingerprint density at radius 2 is 2.12 bits per heavy atom. The topological polar surface area (TPSA) is 102 Å². The number of nitrogens with one attached hydrogen (secondary N) is 2. The van der Waals surface area contributed by atoms with E-state index >= 15 is 0 Å². The van der Waals surface area contributed by atoms with Crippen LogP contribution >= 0.6 is 0 Å². The van der Waals surface area contributed by atoms with Gasteiger partial charge >= 0.3 is 5.97 Å². The van der Waals surface area contributed by atoms with E-state index in [0.29, 0.717) is 17.7 Å². The molecular formula is C20H20N2O4. The number of carboxylic acid groups (broad SMARTS) is 1. The molecule has 2 aliphatic rings. The lowest BCUT2D eigenvalue weighted by Crippen LogP contribution is -2.22. The van der Waals surface area contributed by atoms with E-state index in [4.69, 9.17) is 0 Å². The number of pyridine rings is 1. The van der Waals surface area contributed by atoms with E-state index < -0.39 is 22.8 Å². The molecule has 0 amide bonds. The number of aromatic carboxylic acids is 1. The van der Waals surface area contributed by atoms with Gasteiger partial charge in [0.2, 0.25) is 0 Å². The van der Waals surface area contributed by atoms with E-state index in [1.54, 1.807) is 0 Å². The van der Waals surface area contributed by atoms with Gasteiger partial charge in [-0.3, -0.25) is 4.79 Å². The summed E-state index contributed by atoms with van der Waals surface area (Å²) in [4.78, 5) is 26.1. The lowest BCUT2D eigenvalue weighted by Gasteiger charge is -2.16. The molecule has 1 aliphatic heterocycles. The van der Waals surface area contributed by atoms with E-state index in [1.807, 2.05) is 19.1 Å². The summed E-state index contributed by atoms with van der Waals surface area (Å²) in [6, 6.07) is 6.02. The number of hydrogen-bond donors (Lipinski definition) is 4. The summed E-state index contributed by atoms with van der Waals surface area (Å²) in [5.74, 6) is -1.87. The van der Waals surface area contributed by atoms with E-state index in [2.05, 4.69) is 16.4 Å². The lowest BCUT2D eigenvalue weighted by atomic mass is 9.96. The molecule has 0 unspecified atom stereocenters. The van der Waals surface area contributed by atoms with Crippen molar-refractivity contribution in [3.05, 3.63) is 56.4 Å². The summed E-state index contributed by atoms with van der Waals surface area (Å²) >= 11 is 0. The summed E-state index contributed by atoms with van der Waals surface area (Å²) in [5.41, 5.74) is 5.61.